The number of thiophene rings is 1. The van der Waals surface area contributed by atoms with Crippen molar-refractivity contribution >= 4 is 65.1 Å². The topological polar surface area (TPSA) is 23.1 Å². The summed E-state index contributed by atoms with van der Waals surface area (Å²) in [7, 11) is 0. The third-order valence-electron chi connectivity index (χ3n) is 4.93. The highest BCUT2D eigenvalue weighted by Crippen LogP contribution is 2.44. The third-order valence-corrected chi connectivity index (χ3v) is 7.58. The van der Waals surface area contributed by atoms with Gasteiger partial charge in [-0.1, -0.05) is 66.2 Å². The summed E-state index contributed by atoms with van der Waals surface area (Å²) in [4.78, 5) is 0.701. The molecule has 0 aliphatic heterocycles. The van der Waals surface area contributed by atoms with Crippen molar-refractivity contribution in [1.82, 2.24) is 0 Å². The zero-order valence-electron chi connectivity index (χ0n) is 14.5. The molecule has 0 fully saturated rings. The molecule has 0 N–H and O–H groups in total. The number of benzene rings is 4. The summed E-state index contributed by atoms with van der Waals surface area (Å²) < 4.78 is 14.9. The molecule has 4 aromatic carbocycles. The van der Waals surface area contributed by atoms with Crippen LogP contribution in [0.3, 0.4) is 0 Å². The fraction of sp³-hybridized carbons (Fsp3) is 0.0435. The average molecular weight is 407 g/mol. The zero-order chi connectivity index (χ0) is 18.5. The van der Waals surface area contributed by atoms with Crippen LogP contribution in [0.1, 0.15) is 0 Å². The molecule has 1 unspecified atom stereocenters. The Balaban J connectivity index is 1.93. The number of fused-ring (bicyclic) bond motifs is 5. The van der Waals surface area contributed by atoms with Crippen LogP contribution < -0.4 is 0 Å². The summed E-state index contributed by atoms with van der Waals surface area (Å²) in [5.41, 5.74) is 2.03. The zero-order valence-corrected chi connectivity index (χ0v) is 16.9. The van der Waals surface area contributed by atoms with Gasteiger partial charge in [-0.25, -0.2) is 0 Å². The van der Waals surface area contributed by atoms with Gasteiger partial charge in [0.1, 0.15) is 6.26 Å². The predicted molar refractivity (Wildman–Crippen MR) is 120 cm³/mol. The lowest BCUT2D eigenvalue weighted by molar-refractivity contribution is 0.601. The quantitative estimate of drug-likeness (QED) is 0.283. The SMILES string of the molecule is C[S+]([O-])c1c(Cl)cccc1-c1cccc2sc3c4ccccc4ccc3c12. The van der Waals surface area contributed by atoms with Crippen LogP contribution >= 0.6 is 22.9 Å². The highest BCUT2D eigenvalue weighted by Gasteiger charge is 2.21. The first-order valence-electron chi connectivity index (χ1n) is 8.60. The van der Waals surface area contributed by atoms with Crippen molar-refractivity contribution in [3.05, 3.63) is 77.8 Å². The maximum Gasteiger partial charge on any atom is 0.178 e. The summed E-state index contributed by atoms with van der Waals surface area (Å²) >= 11 is 7.05. The Morgan fingerprint density at radius 3 is 2.44 bits per heavy atom. The first-order valence-corrected chi connectivity index (χ1v) is 11.4. The summed E-state index contributed by atoms with van der Waals surface area (Å²) in [5.74, 6) is 0. The van der Waals surface area contributed by atoms with E-state index in [9.17, 15) is 4.55 Å². The maximum absolute atomic E-state index is 12.4. The van der Waals surface area contributed by atoms with E-state index in [0.29, 0.717) is 9.92 Å². The fourth-order valence-electron chi connectivity index (χ4n) is 3.79. The van der Waals surface area contributed by atoms with Crippen LogP contribution in [0, 0.1) is 0 Å². The molecule has 0 saturated carbocycles. The Bertz CT molecular complexity index is 1320. The second kappa shape index (κ2) is 6.54. The van der Waals surface area contributed by atoms with Gasteiger partial charge in [0.05, 0.1) is 5.02 Å². The molecular weight excluding hydrogens is 392 g/mol. The van der Waals surface area contributed by atoms with Crippen LogP contribution in [-0.2, 0) is 11.2 Å². The van der Waals surface area contributed by atoms with Crippen molar-refractivity contribution in [2.24, 2.45) is 0 Å². The minimum absolute atomic E-state index is 0.551. The van der Waals surface area contributed by atoms with Crippen molar-refractivity contribution in [1.29, 1.82) is 0 Å². The molecule has 132 valence electrons. The number of halogens is 1. The lowest BCUT2D eigenvalue weighted by atomic mass is 9.98. The van der Waals surface area contributed by atoms with E-state index < -0.39 is 11.2 Å². The van der Waals surface area contributed by atoms with Crippen LogP contribution in [0.2, 0.25) is 5.02 Å². The van der Waals surface area contributed by atoms with Gasteiger partial charge in [-0.15, -0.1) is 11.3 Å². The molecule has 5 rings (SSSR count). The van der Waals surface area contributed by atoms with E-state index in [1.165, 1.54) is 30.9 Å². The Morgan fingerprint density at radius 1 is 0.815 bits per heavy atom. The molecule has 4 heteroatoms. The van der Waals surface area contributed by atoms with Crippen molar-refractivity contribution in [2.75, 3.05) is 6.26 Å². The monoisotopic (exact) mass is 406 g/mol. The molecule has 27 heavy (non-hydrogen) atoms. The standard InChI is InChI=1S/C23H15ClOS2/c1-27(25)23-17(9-4-10-19(23)24)16-8-5-11-20-21(16)18-13-12-14-6-2-3-7-15(14)22(18)26-20/h2-13H,1H3. The van der Waals surface area contributed by atoms with Gasteiger partial charge in [0.15, 0.2) is 4.90 Å². The Labute approximate surface area is 169 Å². The molecule has 0 bridgehead atoms. The second-order valence-corrected chi connectivity index (χ2v) is 9.29. The first kappa shape index (κ1) is 17.1. The van der Waals surface area contributed by atoms with Crippen LogP contribution in [0.4, 0.5) is 0 Å². The molecule has 0 amide bonds. The minimum atomic E-state index is -1.17. The van der Waals surface area contributed by atoms with Crippen molar-refractivity contribution in [3.8, 4) is 11.1 Å². The molecule has 1 atom stereocenters. The van der Waals surface area contributed by atoms with E-state index in [2.05, 4.69) is 54.6 Å². The van der Waals surface area contributed by atoms with Gasteiger partial charge in [0.2, 0.25) is 0 Å². The Morgan fingerprint density at radius 2 is 1.59 bits per heavy atom. The smallest absolute Gasteiger partial charge is 0.178 e. The summed E-state index contributed by atoms with van der Waals surface area (Å²) in [6, 6.07) is 24.9. The molecule has 1 heterocycles. The molecule has 0 saturated heterocycles. The maximum atomic E-state index is 12.4. The summed E-state index contributed by atoms with van der Waals surface area (Å²) in [6.07, 6.45) is 1.68. The average Bonchev–Trinajstić information content (AvgIpc) is 3.06. The van der Waals surface area contributed by atoms with Crippen LogP contribution in [0.25, 0.3) is 42.1 Å². The first-order chi connectivity index (χ1) is 13.1. The van der Waals surface area contributed by atoms with E-state index in [1.807, 2.05) is 23.5 Å². The van der Waals surface area contributed by atoms with Gasteiger partial charge in [-0.2, -0.15) is 0 Å². The number of hydrogen-bond donors (Lipinski definition) is 0. The second-order valence-electron chi connectivity index (χ2n) is 6.51. The number of rotatable bonds is 2. The van der Waals surface area contributed by atoms with Gasteiger partial charge in [0, 0.05) is 25.7 Å². The molecule has 0 radical (unpaired) electrons. The molecule has 1 aromatic heterocycles. The van der Waals surface area contributed by atoms with Crippen LogP contribution in [0.5, 0.6) is 0 Å². The summed E-state index contributed by atoms with van der Waals surface area (Å²) in [5, 5.41) is 5.51. The van der Waals surface area contributed by atoms with E-state index in [4.69, 9.17) is 11.6 Å². The van der Waals surface area contributed by atoms with E-state index in [-0.39, 0.29) is 0 Å². The van der Waals surface area contributed by atoms with Crippen molar-refractivity contribution < 1.29 is 4.55 Å². The molecule has 0 aliphatic rings. The molecule has 1 nitrogen and oxygen atoms in total. The Hall–Kier alpha value is -2.04. The van der Waals surface area contributed by atoms with Crippen molar-refractivity contribution in [3.63, 3.8) is 0 Å². The van der Waals surface area contributed by atoms with Gasteiger partial charge >= 0.3 is 0 Å². The molecule has 5 aromatic rings. The fourth-order valence-corrected chi connectivity index (χ4v) is 6.39. The highest BCUT2D eigenvalue weighted by molar-refractivity contribution is 7.91. The lowest BCUT2D eigenvalue weighted by Gasteiger charge is -2.13. The van der Waals surface area contributed by atoms with Crippen LogP contribution in [-0.4, -0.2) is 10.8 Å². The Kier molecular flexibility index (Phi) is 4.14. The van der Waals surface area contributed by atoms with E-state index in [0.717, 1.165) is 11.1 Å². The van der Waals surface area contributed by atoms with Crippen LogP contribution in [0.15, 0.2) is 77.7 Å². The predicted octanol–water partition coefficient (Wildman–Crippen LogP) is 7.27. The normalized spacial score (nSPS) is 12.9. The molecule has 0 aliphatic carbocycles. The van der Waals surface area contributed by atoms with Gasteiger partial charge in [-0.05, 0) is 45.7 Å². The van der Waals surface area contributed by atoms with E-state index >= 15 is 0 Å². The minimum Gasteiger partial charge on any atom is -0.612 e. The van der Waals surface area contributed by atoms with Gasteiger partial charge in [0.25, 0.3) is 0 Å². The van der Waals surface area contributed by atoms with Crippen molar-refractivity contribution in [2.45, 2.75) is 4.90 Å². The van der Waals surface area contributed by atoms with Gasteiger partial charge < -0.3 is 4.55 Å². The lowest BCUT2D eigenvalue weighted by Crippen LogP contribution is -2.01. The molecular formula is C23H15ClOS2. The third kappa shape index (κ3) is 2.66. The van der Waals surface area contributed by atoms with E-state index in [1.54, 1.807) is 12.3 Å². The number of hydrogen-bond acceptors (Lipinski definition) is 2. The van der Waals surface area contributed by atoms with Gasteiger partial charge in [-0.3, -0.25) is 0 Å². The molecule has 0 spiro atoms. The highest BCUT2D eigenvalue weighted by atomic mass is 35.5. The summed E-state index contributed by atoms with van der Waals surface area (Å²) in [6.45, 7) is 0. The largest absolute Gasteiger partial charge is 0.612 e.